The van der Waals surface area contributed by atoms with Crippen molar-refractivity contribution in [1.82, 2.24) is 9.97 Å². The molecule has 0 fully saturated rings. The summed E-state index contributed by atoms with van der Waals surface area (Å²) >= 11 is 0. The van der Waals surface area contributed by atoms with Crippen LogP contribution in [0.1, 0.15) is 22.4 Å². The van der Waals surface area contributed by atoms with Gasteiger partial charge in [-0.2, -0.15) is 4.98 Å². The van der Waals surface area contributed by atoms with Crippen LogP contribution >= 0.6 is 0 Å². The van der Waals surface area contributed by atoms with Gasteiger partial charge in [0.2, 0.25) is 5.95 Å². The zero-order valence-electron chi connectivity index (χ0n) is 15.0. The van der Waals surface area contributed by atoms with Crippen molar-refractivity contribution in [2.45, 2.75) is 27.2 Å². The summed E-state index contributed by atoms with van der Waals surface area (Å²) in [5.41, 5.74) is 5.70. The SMILES string of the molecule is Cc1cc(C)cc(Nc2nc(C)cc(NCCc3ccccc3)n2)c1. The van der Waals surface area contributed by atoms with Crippen LogP contribution in [0.2, 0.25) is 0 Å². The number of benzene rings is 2. The highest BCUT2D eigenvalue weighted by Gasteiger charge is 2.04. The van der Waals surface area contributed by atoms with E-state index in [2.05, 4.69) is 76.9 Å². The van der Waals surface area contributed by atoms with E-state index >= 15 is 0 Å². The van der Waals surface area contributed by atoms with Gasteiger partial charge in [0.05, 0.1) is 0 Å². The quantitative estimate of drug-likeness (QED) is 0.681. The highest BCUT2D eigenvalue weighted by atomic mass is 15.1. The molecule has 0 bridgehead atoms. The van der Waals surface area contributed by atoms with Gasteiger partial charge in [0, 0.05) is 24.0 Å². The van der Waals surface area contributed by atoms with Crippen LogP contribution < -0.4 is 10.6 Å². The van der Waals surface area contributed by atoms with E-state index in [1.54, 1.807) is 0 Å². The summed E-state index contributed by atoms with van der Waals surface area (Å²) in [7, 11) is 0. The minimum atomic E-state index is 0.618. The summed E-state index contributed by atoms with van der Waals surface area (Å²) in [4.78, 5) is 9.08. The molecule has 128 valence electrons. The topological polar surface area (TPSA) is 49.8 Å². The summed E-state index contributed by atoms with van der Waals surface area (Å²) in [5, 5.41) is 6.70. The highest BCUT2D eigenvalue weighted by Crippen LogP contribution is 2.19. The standard InChI is InChI=1S/C21H24N4/c1-15-11-16(2)13-19(12-15)24-21-23-17(3)14-20(25-21)22-10-9-18-7-5-4-6-8-18/h4-8,11-14H,9-10H2,1-3H3,(H2,22,23,24,25). The maximum atomic E-state index is 4.59. The zero-order valence-corrected chi connectivity index (χ0v) is 15.0. The molecule has 0 saturated heterocycles. The first kappa shape index (κ1) is 17.0. The van der Waals surface area contributed by atoms with E-state index in [9.17, 15) is 0 Å². The van der Waals surface area contributed by atoms with Crippen molar-refractivity contribution in [2.75, 3.05) is 17.2 Å². The largest absolute Gasteiger partial charge is 0.370 e. The molecule has 0 aliphatic rings. The molecule has 0 amide bonds. The first-order valence-electron chi connectivity index (χ1n) is 8.57. The maximum Gasteiger partial charge on any atom is 0.229 e. The first-order valence-corrected chi connectivity index (χ1v) is 8.57. The van der Waals surface area contributed by atoms with Crippen molar-refractivity contribution in [3.05, 3.63) is 77.0 Å². The zero-order chi connectivity index (χ0) is 17.6. The molecule has 0 aliphatic carbocycles. The third kappa shape index (κ3) is 5.05. The molecule has 1 heterocycles. The van der Waals surface area contributed by atoms with Crippen molar-refractivity contribution in [1.29, 1.82) is 0 Å². The molecular weight excluding hydrogens is 308 g/mol. The molecule has 4 heteroatoms. The van der Waals surface area contributed by atoms with E-state index < -0.39 is 0 Å². The molecular formula is C21H24N4. The molecule has 25 heavy (non-hydrogen) atoms. The Morgan fingerprint density at radius 1 is 0.840 bits per heavy atom. The lowest BCUT2D eigenvalue weighted by Crippen LogP contribution is -2.08. The minimum absolute atomic E-state index is 0.618. The molecule has 0 radical (unpaired) electrons. The lowest BCUT2D eigenvalue weighted by molar-refractivity contribution is 0.995. The number of aryl methyl sites for hydroxylation is 3. The van der Waals surface area contributed by atoms with Crippen molar-refractivity contribution < 1.29 is 0 Å². The Morgan fingerprint density at radius 2 is 1.56 bits per heavy atom. The number of hydrogen-bond donors (Lipinski definition) is 2. The summed E-state index contributed by atoms with van der Waals surface area (Å²) in [6.07, 6.45) is 0.962. The third-order valence-electron chi connectivity index (χ3n) is 3.89. The Hall–Kier alpha value is -2.88. The average molecular weight is 332 g/mol. The second kappa shape index (κ2) is 7.79. The van der Waals surface area contributed by atoms with Gasteiger partial charge in [-0.1, -0.05) is 36.4 Å². The van der Waals surface area contributed by atoms with E-state index in [-0.39, 0.29) is 0 Å². The van der Waals surface area contributed by atoms with Gasteiger partial charge in [-0.15, -0.1) is 0 Å². The van der Waals surface area contributed by atoms with Crippen LogP contribution in [0.3, 0.4) is 0 Å². The van der Waals surface area contributed by atoms with E-state index in [0.29, 0.717) is 5.95 Å². The fraction of sp³-hybridized carbons (Fsp3) is 0.238. The van der Waals surface area contributed by atoms with E-state index in [1.807, 2.05) is 19.1 Å². The van der Waals surface area contributed by atoms with Gasteiger partial charge in [-0.3, -0.25) is 0 Å². The van der Waals surface area contributed by atoms with Crippen LogP contribution in [-0.2, 0) is 6.42 Å². The van der Waals surface area contributed by atoms with Gasteiger partial charge >= 0.3 is 0 Å². The molecule has 4 nitrogen and oxygen atoms in total. The van der Waals surface area contributed by atoms with Crippen LogP contribution in [0.4, 0.5) is 17.5 Å². The highest BCUT2D eigenvalue weighted by molar-refractivity contribution is 5.57. The molecule has 0 aliphatic heterocycles. The fourth-order valence-electron chi connectivity index (χ4n) is 2.87. The van der Waals surface area contributed by atoms with Crippen molar-refractivity contribution in [2.24, 2.45) is 0 Å². The van der Waals surface area contributed by atoms with Gasteiger partial charge in [0.15, 0.2) is 0 Å². The molecule has 0 spiro atoms. The fourth-order valence-corrected chi connectivity index (χ4v) is 2.87. The number of aromatic nitrogens is 2. The average Bonchev–Trinajstić information content (AvgIpc) is 2.54. The molecule has 3 aromatic rings. The van der Waals surface area contributed by atoms with Gasteiger partial charge < -0.3 is 10.6 Å². The second-order valence-electron chi connectivity index (χ2n) is 6.38. The van der Waals surface area contributed by atoms with Crippen LogP contribution in [0, 0.1) is 20.8 Å². The smallest absolute Gasteiger partial charge is 0.229 e. The number of rotatable bonds is 6. The van der Waals surface area contributed by atoms with E-state index in [1.165, 1.54) is 16.7 Å². The van der Waals surface area contributed by atoms with Crippen molar-refractivity contribution in [3.8, 4) is 0 Å². The Labute approximate surface area is 149 Å². The Morgan fingerprint density at radius 3 is 2.28 bits per heavy atom. The summed E-state index contributed by atoms with van der Waals surface area (Å²) in [5.74, 6) is 1.46. The monoisotopic (exact) mass is 332 g/mol. The molecule has 0 unspecified atom stereocenters. The lowest BCUT2D eigenvalue weighted by Gasteiger charge is -2.11. The third-order valence-corrected chi connectivity index (χ3v) is 3.89. The maximum absolute atomic E-state index is 4.59. The Bertz CT molecular complexity index is 824. The Balaban J connectivity index is 1.67. The molecule has 3 rings (SSSR count). The van der Waals surface area contributed by atoms with Crippen molar-refractivity contribution >= 4 is 17.5 Å². The number of hydrogen-bond acceptors (Lipinski definition) is 4. The van der Waals surface area contributed by atoms with Crippen LogP contribution in [0.15, 0.2) is 54.6 Å². The van der Waals surface area contributed by atoms with Crippen LogP contribution in [0.5, 0.6) is 0 Å². The van der Waals surface area contributed by atoms with Crippen LogP contribution in [-0.4, -0.2) is 16.5 Å². The van der Waals surface area contributed by atoms with Crippen LogP contribution in [0.25, 0.3) is 0 Å². The van der Waals surface area contributed by atoms with Crippen molar-refractivity contribution in [3.63, 3.8) is 0 Å². The summed E-state index contributed by atoms with van der Waals surface area (Å²) < 4.78 is 0. The van der Waals surface area contributed by atoms with E-state index in [4.69, 9.17) is 0 Å². The number of nitrogens with zero attached hydrogens (tertiary/aromatic N) is 2. The summed E-state index contributed by atoms with van der Waals surface area (Å²) in [6.45, 7) is 7.00. The number of anilines is 3. The van der Waals surface area contributed by atoms with Gasteiger partial charge in [-0.25, -0.2) is 4.98 Å². The minimum Gasteiger partial charge on any atom is -0.370 e. The predicted octanol–water partition coefficient (Wildman–Crippen LogP) is 4.80. The number of nitrogens with one attached hydrogen (secondary N) is 2. The molecule has 1 aromatic heterocycles. The van der Waals surface area contributed by atoms with Gasteiger partial charge in [0.1, 0.15) is 5.82 Å². The van der Waals surface area contributed by atoms with Gasteiger partial charge in [-0.05, 0) is 56.0 Å². The first-order chi connectivity index (χ1) is 12.1. The second-order valence-corrected chi connectivity index (χ2v) is 6.38. The molecule has 2 aromatic carbocycles. The summed E-state index contributed by atoms with van der Waals surface area (Å²) in [6, 6.07) is 18.8. The molecule has 0 atom stereocenters. The van der Waals surface area contributed by atoms with E-state index in [0.717, 1.165) is 30.2 Å². The molecule has 0 saturated carbocycles. The predicted molar refractivity (Wildman–Crippen MR) is 105 cm³/mol. The Kier molecular flexibility index (Phi) is 5.29. The van der Waals surface area contributed by atoms with Gasteiger partial charge in [0.25, 0.3) is 0 Å². The lowest BCUT2D eigenvalue weighted by atomic mass is 10.1. The normalized spacial score (nSPS) is 10.5. The molecule has 2 N–H and O–H groups in total.